The van der Waals surface area contributed by atoms with Gasteiger partial charge in [0.15, 0.2) is 0 Å². The Balaban J connectivity index is 1.61. The van der Waals surface area contributed by atoms with Crippen LogP contribution < -0.4 is 15.5 Å². The first-order valence-electron chi connectivity index (χ1n) is 7.12. The van der Waals surface area contributed by atoms with Crippen molar-refractivity contribution in [2.45, 2.75) is 19.4 Å². The molecule has 21 heavy (non-hydrogen) atoms. The smallest absolute Gasteiger partial charge is 0.319 e. The highest BCUT2D eigenvalue weighted by Gasteiger charge is 2.14. The first kappa shape index (κ1) is 13.5. The van der Waals surface area contributed by atoms with Gasteiger partial charge in [-0.2, -0.15) is 0 Å². The van der Waals surface area contributed by atoms with E-state index in [-0.39, 0.29) is 6.03 Å². The van der Waals surface area contributed by atoms with Gasteiger partial charge in [0.2, 0.25) is 0 Å². The molecule has 0 saturated carbocycles. The highest BCUT2D eigenvalue weighted by Crippen LogP contribution is 2.28. The third-order valence-electron chi connectivity index (χ3n) is 3.72. The summed E-state index contributed by atoms with van der Waals surface area (Å²) in [6, 6.07) is 7.69. The molecule has 0 unspecified atom stereocenters. The molecule has 0 saturated heterocycles. The Morgan fingerprint density at radius 3 is 3.10 bits per heavy atom. The molecule has 0 spiro atoms. The lowest BCUT2D eigenvalue weighted by atomic mass is 10.0. The second-order valence-electron chi connectivity index (χ2n) is 5.31. The zero-order chi connectivity index (χ0) is 14.7. The van der Waals surface area contributed by atoms with E-state index >= 15 is 0 Å². The van der Waals surface area contributed by atoms with Gasteiger partial charge in [0.05, 0.1) is 12.5 Å². The normalized spacial score (nSPS) is 13.7. The average molecular weight is 285 g/mol. The van der Waals surface area contributed by atoms with Crippen LogP contribution in [0.15, 0.2) is 41.2 Å². The number of furan rings is 1. The van der Waals surface area contributed by atoms with Gasteiger partial charge in [0.1, 0.15) is 0 Å². The van der Waals surface area contributed by atoms with Crippen LogP contribution in [0.25, 0.3) is 0 Å². The summed E-state index contributed by atoms with van der Waals surface area (Å²) in [6.45, 7) is 1.54. The van der Waals surface area contributed by atoms with Crippen molar-refractivity contribution in [2.75, 3.05) is 23.8 Å². The van der Waals surface area contributed by atoms with Crippen LogP contribution in [0.2, 0.25) is 0 Å². The zero-order valence-electron chi connectivity index (χ0n) is 12.1. The lowest BCUT2D eigenvalue weighted by Gasteiger charge is -2.27. The number of nitrogens with zero attached hydrogens (tertiary/aromatic N) is 1. The van der Waals surface area contributed by atoms with Crippen LogP contribution in [0.5, 0.6) is 0 Å². The van der Waals surface area contributed by atoms with Crippen molar-refractivity contribution < 1.29 is 9.21 Å². The number of benzene rings is 1. The molecule has 1 aromatic carbocycles. The molecule has 0 atom stereocenters. The molecule has 2 heterocycles. The molecule has 1 aliphatic heterocycles. The van der Waals surface area contributed by atoms with E-state index in [4.69, 9.17) is 4.42 Å². The topological polar surface area (TPSA) is 57.5 Å². The fourth-order valence-corrected chi connectivity index (χ4v) is 2.61. The number of carbonyl (C=O) groups excluding carboxylic acids is 1. The second kappa shape index (κ2) is 5.91. The summed E-state index contributed by atoms with van der Waals surface area (Å²) in [5.74, 6) is 0. The Bertz CT molecular complexity index is 622. The molecule has 2 aromatic rings. The lowest BCUT2D eigenvalue weighted by Crippen LogP contribution is -2.28. The van der Waals surface area contributed by atoms with Crippen LogP contribution in [-0.4, -0.2) is 19.6 Å². The Morgan fingerprint density at radius 2 is 2.29 bits per heavy atom. The number of rotatable bonds is 3. The molecular formula is C16H19N3O2. The molecule has 0 bridgehead atoms. The van der Waals surface area contributed by atoms with Crippen LogP contribution in [0.4, 0.5) is 16.2 Å². The number of nitrogens with one attached hydrogen (secondary N) is 2. The van der Waals surface area contributed by atoms with E-state index in [1.807, 2.05) is 12.1 Å². The number of amides is 2. The highest BCUT2D eigenvalue weighted by atomic mass is 16.3. The molecule has 5 heteroatoms. The number of urea groups is 1. The third kappa shape index (κ3) is 3.18. The van der Waals surface area contributed by atoms with Crippen molar-refractivity contribution in [1.82, 2.24) is 5.32 Å². The molecule has 3 rings (SSSR count). The van der Waals surface area contributed by atoms with Gasteiger partial charge in [0, 0.05) is 37.1 Å². The largest absolute Gasteiger partial charge is 0.472 e. The first-order chi connectivity index (χ1) is 10.2. The fourth-order valence-electron chi connectivity index (χ4n) is 2.61. The number of hydrogen-bond acceptors (Lipinski definition) is 3. The summed E-state index contributed by atoms with van der Waals surface area (Å²) in [6.07, 6.45) is 5.43. The van der Waals surface area contributed by atoms with E-state index in [1.54, 1.807) is 12.5 Å². The molecule has 2 N–H and O–H groups in total. The van der Waals surface area contributed by atoms with E-state index < -0.39 is 0 Å². The van der Waals surface area contributed by atoms with Crippen molar-refractivity contribution in [3.63, 3.8) is 0 Å². The molecule has 0 fully saturated rings. The Morgan fingerprint density at radius 1 is 1.38 bits per heavy atom. The second-order valence-corrected chi connectivity index (χ2v) is 5.31. The van der Waals surface area contributed by atoms with Gasteiger partial charge in [-0.25, -0.2) is 4.79 Å². The van der Waals surface area contributed by atoms with E-state index in [1.165, 1.54) is 11.3 Å². The van der Waals surface area contributed by atoms with Crippen molar-refractivity contribution in [3.05, 3.63) is 47.9 Å². The quantitative estimate of drug-likeness (QED) is 0.911. The van der Waals surface area contributed by atoms with Crippen LogP contribution in [0.3, 0.4) is 0 Å². The summed E-state index contributed by atoms with van der Waals surface area (Å²) in [5.41, 5.74) is 4.31. The lowest BCUT2D eigenvalue weighted by molar-refractivity contribution is 0.251. The number of anilines is 2. The number of fused-ring (bicyclic) bond motifs is 1. The maximum atomic E-state index is 11.9. The highest BCUT2D eigenvalue weighted by molar-refractivity contribution is 5.89. The number of aryl methyl sites for hydroxylation is 1. The van der Waals surface area contributed by atoms with Gasteiger partial charge in [0.25, 0.3) is 0 Å². The molecule has 2 amide bonds. The van der Waals surface area contributed by atoms with Gasteiger partial charge in [-0.1, -0.05) is 0 Å². The average Bonchev–Trinajstić information content (AvgIpc) is 2.99. The molecular weight excluding hydrogens is 266 g/mol. The minimum Gasteiger partial charge on any atom is -0.472 e. The van der Waals surface area contributed by atoms with Crippen molar-refractivity contribution >= 4 is 17.4 Å². The standard InChI is InChI=1S/C16H19N3O2/c1-19-7-2-3-13-9-14(4-5-15(13)19)18-16(20)17-10-12-6-8-21-11-12/h4-6,8-9,11H,2-3,7,10H2,1H3,(H2,17,18,20). The molecule has 110 valence electrons. The SMILES string of the molecule is CN1CCCc2cc(NC(=O)NCc3ccoc3)ccc21. The van der Waals surface area contributed by atoms with Crippen LogP contribution >= 0.6 is 0 Å². The van der Waals surface area contributed by atoms with E-state index in [9.17, 15) is 4.79 Å². The van der Waals surface area contributed by atoms with Crippen molar-refractivity contribution in [1.29, 1.82) is 0 Å². The van der Waals surface area contributed by atoms with Gasteiger partial charge < -0.3 is 20.0 Å². The van der Waals surface area contributed by atoms with Gasteiger partial charge in [-0.15, -0.1) is 0 Å². The zero-order valence-corrected chi connectivity index (χ0v) is 12.1. The van der Waals surface area contributed by atoms with Crippen molar-refractivity contribution in [3.8, 4) is 0 Å². The third-order valence-corrected chi connectivity index (χ3v) is 3.72. The first-order valence-corrected chi connectivity index (χ1v) is 7.12. The summed E-state index contributed by atoms with van der Waals surface area (Å²) >= 11 is 0. The monoisotopic (exact) mass is 285 g/mol. The summed E-state index contributed by atoms with van der Waals surface area (Å²) in [7, 11) is 2.10. The minimum atomic E-state index is -0.208. The van der Waals surface area contributed by atoms with Crippen LogP contribution in [0.1, 0.15) is 17.5 Å². The maximum Gasteiger partial charge on any atom is 0.319 e. The molecule has 1 aromatic heterocycles. The van der Waals surface area contributed by atoms with Crippen LogP contribution in [-0.2, 0) is 13.0 Å². The Hall–Kier alpha value is -2.43. The van der Waals surface area contributed by atoms with E-state index in [2.05, 4.69) is 34.7 Å². The Kier molecular flexibility index (Phi) is 3.81. The van der Waals surface area contributed by atoms with Gasteiger partial charge in [-0.3, -0.25) is 0 Å². The van der Waals surface area contributed by atoms with Gasteiger partial charge >= 0.3 is 6.03 Å². The summed E-state index contributed by atoms with van der Waals surface area (Å²) in [5, 5.41) is 5.67. The van der Waals surface area contributed by atoms with E-state index in [0.717, 1.165) is 30.6 Å². The molecule has 1 aliphatic rings. The molecule has 0 aliphatic carbocycles. The molecule has 5 nitrogen and oxygen atoms in total. The Labute approximate surface area is 123 Å². The number of carbonyl (C=O) groups is 1. The predicted octanol–water partition coefficient (Wildman–Crippen LogP) is 2.98. The minimum absolute atomic E-state index is 0.208. The van der Waals surface area contributed by atoms with Crippen LogP contribution in [0, 0.1) is 0 Å². The summed E-state index contributed by atoms with van der Waals surface area (Å²) in [4.78, 5) is 14.1. The van der Waals surface area contributed by atoms with Gasteiger partial charge in [-0.05, 0) is 42.7 Å². The van der Waals surface area contributed by atoms with Crippen molar-refractivity contribution in [2.24, 2.45) is 0 Å². The number of hydrogen-bond donors (Lipinski definition) is 2. The van der Waals surface area contributed by atoms with E-state index in [0.29, 0.717) is 6.54 Å². The predicted molar refractivity (Wildman–Crippen MR) is 82.6 cm³/mol. The molecule has 0 radical (unpaired) electrons. The maximum absolute atomic E-state index is 11.9. The fraction of sp³-hybridized carbons (Fsp3) is 0.312. The summed E-state index contributed by atoms with van der Waals surface area (Å²) < 4.78 is 4.96.